The van der Waals surface area contributed by atoms with Crippen LogP contribution in [0.1, 0.15) is 31.4 Å². The molecule has 1 aromatic carbocycles. The van der Waals surface area contributed by atoms with Gasteiger partial charge in [-0.15, -0.1) is 25.6 Å². The standard InChI is InChI=1S/C11H14F3NO2.ClH/c1-2-3-9(15)8-6-7(4-5-10(8)16)17-11(12,13)14;/h4-6,9,16H,2-3,15H2,1H3;1H/t9-;/m0./s1. The highest BCUT2D eigenvalue weighted by Gasteiger charge is 2.31. The predicted molar refractivity (Wildman–Crippen MR) is 63.9 cm³/mol. The van der Waals surface area contributed by atoms with Crippen molar-refractivity contribution in [3.8, 4) is 11.5 Å². The average molecular weight is 286 g/mol. The van der Waals surface area contributed by atoms with Gasteiger partial charge in [0, 0.05) is 11.6 Å². The summed E-state index contributed by atoms with van der Waals surface area (Å²) >= 11 is 0. The maximum absolute atomic E-state index is 12.0. The molecule has 0 aromatic heterocycles. The summed E-state index contributed by atoms with van der Waals surface area (Å²) in [6.07, 6.45) is -3.41. The van der Waals surface area contributed by atoms with Gasteiger partial charge in [-0.05, 0) is 24.6 Å². The maximum atomic E-state index is 12.0. The number of alkyl halides is 3. The smallest absolute Gasteiger partial charge is 0.508 e. The highest BCUT2D eigenvalue weighted by molar-refractivity contribution is 5.85. The molecule has 18 heavy (non-hydrogen) atoms. The Kier molecular flexibility index (Phi) is 6.28. The van der Waals surface area contributed by atoms with Crippen molar-refractivity contribution in [3.05, 3.63) is 23.8 Å². The second-order valence-electron chi connectivity index (χ2n) is 3.66. The maximum Gasteiger partial charge on any atom is 0.573 e. The van der Waals surface area contributed by atoms with E-state index in [2.05, 4.69) is 4.74 Å². The van der Waals surface area contributed by atoms with Gasteiger partial charge in [0.2, 0.25) is 0 Å². The van der Waals surface area contributed by atoms with Crippen LogP contribution in [-0.2, 0) is 0 Å². The van der Waals surface area contributed by atoms with Crippen LogP contribution in [0.5, 0.6) is 11.5 Å². The third-order valence-corrected chi connectivity index (χ3v) is 2.23. The highest BCUT2D eigenvalue weighted by Crippen LogP contribution is 2.31. The summed E-state index contributed by atoms with van der Waals surface area (Å²) in [7, 11) is 0. The third kappa shape index (κ3) is 5.01. The molecule has 7 heteroatoms. The molecule has 104 valence electrons. The summed E-state index contributed by atoms with van der Waals surface area (Å²) in [4.78, 5) is 0. The first-order valence-electron chi connectivity index (χ1n) is 5.17. The van der Waals surface area contributed by atoms with Gasteiger partial charge in [-0.2, -0.15) is 0 Å². The highest BCUT2D eigenvalue weighted by atomic mass is 35.5. The summed E-state index contributed by atoms with van der Waals surface area (Å²) in [6.45, 7) is 1.90. The van der Waals surface area contributed by atoms with Crippen molar-refractivity contribution in [1.29, 1.82) is 0 Å². The number of phenolic OH excluding ortho intramolecular Hbond substituents is 1. The molecule has 0 saturated heterocycles. The first kappa shape index (κ1) is 16.9. The van der Waals surface area contributed by atoms with E-state index in [-0.39, 0.29) is 29.5 Å². The van der Waals surface area contributed by atoms with Crippen molar-refractivity contribution in [3.63, 3.8) is 0 Å². The monoisotopic (exact) mass is 285 g/mol. The topological polar surface area (TPSA) is 55.5 Å². The van der Waals surface area contributed by atoms with Gasteiger partial charge < -0.3 is 15.6 Å². The molecule has 1 atom stereocenters. The molecule has 0 heterocycles. The van der Waals surface area contributed by atoms with E-state index in [1.165, 1.54) is 0 Å². The van der Waals surface area contributed by atoms with Crippen molar-refractivity contribution in [2.24, 2.45) is 5.73 Å². The number of nitrogens with two attached hydrogens (primary N) is 1. The summed E-state index contributed by atoms with van der Waals surface area (Å²) in [6, 6.07) is 2.80. The van der Waals surface area contributed by atoms with E-state index in [4.69, 9.17) is 5.73 Å². The van der Waals surface area contributed by atoms with Crippen LogP contribution >= 0.6 is 12.4 Å². The van der Waals surface area contributed by atoms with Gasteiger partial charge in [0.15, 0.2) is 0 Å². The van der Waals surface area contributed by atoms with Crippen molar-refractivity contribution < 1.29 is 23.0 Å². The molecule has 0 bridgehead atoms. The van der Waals surface area contributed by atoms with Crippen LogP contribution in [0.2, 0.25) is 0 Å². The van der Waals surface area contributed by atoms with E-state index < -0.39 is 12.4 Å². The van der Waals surface area contributed by atoms with Gasteiger partial charge in [-0.3, -0.25) is 0 Å². The lowest BCUT2D eigenvalue weighted by Gasteiger charge is -2.15. The minimum Gasteiger partial charge on any atom is -0.508 e. The van der Waals surface area contributed by atoms with Crippen LogP contribution in [0.3, 0.4) is 0 Å². The lowest BCUT2D eigenvalue weighted by molar-refractivity contribution is -0.274. The first-order valence-corrected chi connectivity index (χ1v) is 5.17. The molecule has 0 amide bonds. The Morgan fingerprint density at radius 2 is 2.00 bits per heavy atom. The minimum absolute atomic E-state index is 0. The van der Waals surface area contributed by atoms with Crippen molar-refractivity contribution >= 4 is 12.4 Å². The van der Waals surface area contributed by atoms with Crippen LogP contribution in [0.25, 0.3) is 0 Å². The lowest BCUT2D eigenvalue weighted by atomic mass is 10.0. The van der Waals surface area contributed by atoms with E-state index in [1.807, 2.05) is 6.92 Å². The first-order chi connectivity index (χ1) is 7.83. The minimum atomic E-state index is -4.75. The molecule has 0 saturated carbocycles. The van der Waals surface area contributed by atoms with Crippen LogP contribution < -0.4 is 10.5 Å². The molecular formula is C11H15ClF3NO2. The van der Waals surface area contributed by atoms with E-state index in [9.17, 15) is 18.3 Å². The van der Waals surface area contributed by atoms with E-state index in [0.29, 0.717) is 6.42 Å². The Morgan fingerprint density at radius 1 is 1.39 bits per heavy atom. The van der Waals surface area contributed by atoms with Gasteiger partial charge in [-0.25, -0.2) is 0 Å². The number of benzene rings is 1. The fraction of sp³-hybridized carbons (Fsp3) is 0.455. The van der Waals surface area contributed by atoms with Crippen LogP contribution in [0, 0.1) is 0 Å². The molecule has 0 fully saturated rings. The van der Waals surface area contributed by atoms with Gasteiger partial charge in [0.1, 0.15) is 11.5 Å². The van der Waals surface area contributed by atoms with Gasteiger partial charge >= 0.3 is 6.36 Å². The molecule has 0 radical (unpaired) electrons. The van der Waals surface area contributed by atoms with Crippen LogP contribution in [-0.4, -0.2) is 11.5 Å². The second-order valence-corrected chi connectivity index (χ2v) is 3.66. The fourth-order valence-electron chi connectivity index (χ4n) is 1.49. The normalized spacial score (nSPS) is 12.7. The van der Waals surface area contributed by atoms with Crippen molar-refractivity contribution in [2.75, 3.05) is 0 Å². The molecule has 0 aliphatic rings. The molecule has 0 aliphatic carbocycles. The molecule has 0 spiro atoms. The van der Waals surface area contributed by atoms with E-state index in [0.717, 1.165) is 24.6 Å². The SMILES string of the molecule is CCC[C@H](N)c1cc(OC(F)(F)F)ccc1O.Cl. The van der Waals surface area contributed by atoms with E-state index >= 15 is 0 Å². The van der Waals surface area contributed by atoms with E-state index in [1.54, 1.807) is 0 Å². The number of aromatic hydroxyl groups is 1. The zero-order chi connectivity index (χ0) is 13.1. The third-order valence-electron chi connectivity index (χ3n) is 2.23. The quantitative estimate of drug-likeness (QED) is 0.890. The summed E-state index contributed by atoms with van der Waals surface area (Å²) in [5, 5.41) is 9.51. The largest absolute Gasteiger partial charge is 0.573 e. The van der Waals surface area contributed by atoms with Gasteiger partial charge in [-0.1, -0.05) is 13.3 Å². The number of ether oxygens (including phenoxy) is 1. The average Bonchev–Trinajstić information content (AvgIpc) is 2.19. The van der Waals surface area contributed by atoms with Gasteiger partial charge in [0.05, 0.1) is 0 Å². The Morgan fingerprint density at radius 3 is 2.50 bits per heavy atom. The molecular weight excluding hydrogens is 271 g/mol. The van der Waals surface area contributed by atoms with Crippen LogP contribution in [0.15, 0.2) is 18.2 Å². The Labute approximate surface area is 109 Å². The lowest BCUT2D eigenvalue weighted by Crippen LogP contribution is -2.17. The molecule has 3 N–H and O–H groups in total. The number of hydrogen-bond acceptors (Lipinski definition) is 3. The number of rotatable bonds is 4. The molecule has 0 unspecified atom stereocenters. The summed E-state index contributed by atoms with van der Waals surface area (Å²) < 4.78 is 39.8. The molecule has 1 aromatic rings. The molecule has 3 nitrogen and oxygen atoms in total. The zero-order valence-electron chi connectivity index (χ0n) is 9.70. The fourth-order valence-corrected chi connectivity index (χ4v) is 1.49. The van der Waals surface area contributed by atoms with Crippen molar-refractivity contribution in [2.45, 2.75) is 32.2 Å². The predicted octanol–water partition coefficient (Wildman–Crippen LogP) is 3.51. The summed E-state index contributed by atoms with van der Waals surface area (Å²) in [5.41, 5.74) is 6.00. The van der Waals surface area contributed by atoms with Crippen molar-refractivity contribution in [1.82, 2.24) is 0 Å². The Hall–Kier alpha value is -1.14. The Bertz CT molecular complexity index is 385. The Balaban J connectivity index is 0.00000289. The number of halogens is 4. The number of phenols is 1. The molecule has 0 aliphatic heterocycles. The molecule has 1 rings (SSSR count). The summed E-state index contributed by atoms with van der Waals surface area (Å²) in [5.74, 6) is -0.502. The number of hydrogen-bond donors (Lipinski definition) is 2. The zero-order valence-corrected chi connectivity index (χ0v) is 10.5. The van der Waals surface area contributed by atoms with Crippen LogP contribution in [0.4, 0.5) is 13.2 Å². The van der Waals surface area contributed by atoms with Gasteiger partial charge in [0.25, 0.3) is 0 Å². The second kappa shape index (κ2) is 6.70.